The monoisotopic (exact) mass is 594 g/mol. The molecule has 11 nitrogen and oxygen atoms in total. The number of hydrogen-bond acceptors (Lipinski definition) is 7. The van der Waals surface area contributed by atoms with Gasteiger partial charge in [-0.3, -0.25) is 14.8 Å². The number of rotatable bonds is 10. The Morgan fingerprint density at radius 2 is 1.81 bits per heavy atom. The van der Waals surface area contributed by atoms with E-state index in [4.69, 9.17) is 4.74 Å². The average Bonchev–Trinajstić information content (AvgIpc) is 3.33. The molecule has 0 aliphatic carbocycles. The predicted octanol–water partition coefficient (Wildman–Crippen LogP) is 5.78. The summed E-state index contributed by atoms with van der Waals surface area (Å²) in [5, 5.41) is 23.3. The number of ether oxygens (including phenoxy) is 1. The van der Waals surface area contributed by atoms with Gasteiger partial charge >= 0.3 is 6.09 Å². The Labute approximate surface area is 244 Å². The fourth-order valence-electron chi connectivity index (χ4n) is 4.56. The summed E-state index contributed by atoms with van der Waals surface area (Å²) in [6.07, 6.45) is 0.641. The van der Waals surface area contributed by atoms with Gasteiger partial charge in [0.25, 0.3) is 15.7 Å². The van der Waals surface area contributed by atoms with Crippen LogP contribution in [0.15, 0.2) is 83.9 Å². The molecule has 12 heteroatoms. The van der Waals surface area contributed by atoms with Crippen molar-refractivity contribution < 1.29 is 28.0 Å². The Balaban J connectivity index is 1.55. The third-order valence-electron chi connectivity index (χ3n) is 6.58. The van der Waals surface area contributed by atoms with Gasteiger partial charge in [0, 0.05) is 41.0 Å². The smallest absolute Gasteiger partial charge is 0.410 e. The van der Waals surface area contributed by atoms with Crippen LogP contribution < -0.4 is 4.72 Å². The molecule has 4 rings (SSSR count). The number of aromatic amines is 1. The lowest BCUT2D eigenvalue weighted by Crippen LogP contribution is -2.45. The number of carbonyl (C=O) groups excluding carboxylic acids is 1. The number of nitro groups is 1. The topological polar surface area (TPSA) is 155 Å². The number of nitro benzene ring substituents is 1. The molecule has 4 aromatic rings. The van der Waals surface area contributed by atoms with Crippen molar-refractivity contribution >= 4 is 38.4 Å². The van der Waals surface area contributed by atoms with Gasteiger partial charge in [0.1, 0.15) is 5.60 Å². The lowest BCUT2D eigenvalue weighted by atomic mass is 10.0. The van der Waals surface area contributed by atoms with E-state index in [1.165, 1.54) is 35.2 Å². The van der Waals surface area contributed by atoms with E-state index in [1.54, 1.807) is 32.9 Å². The maximum Gasteiger partial charge on any atom is 0.410 e. The quantitative estimate of drug-likeness (QED) is 0.155. The lowest BCUT2D eigenvalue weighted by Gasteiger charge is -2.33. The number of sulfonamides is 1. The third-order valence-corrected chi connectivity index (χ3v) is 7.96. The Morgan fingerprint density at radius 3 is 2.52 bits per heavy atom. The molecular formula is C30H34N4O7S. The molecule has 0 unspecified atom stereocenters. The van der Waals surface area contributed by atoms with Crippen LogP contribution in [-0.4, -0.2) is 52.6 Å². The number of benzene rings is 3. The van der Waals surface area contributed by atoms with Gasteiger partial charge in [-0.2, -0.15) is 0 Å². The molecule has 222 valence electrons. The number of carbonyl (C=O) groups is 1. The minimum Gasteiger partial charge on any atom is -0.444 e. The summed E-state index contributed by atoms with van der Waals surface area (Å²) < 4.78 is 33.9. The van der Waals surface area contributed by atoms with Crippen molar-refractivity contribution in [3.05, 3.63) is 100 Å². The largest absolute Gasteiger partial charge is 0.444 e. The maximum absolute atomic E-state index is 13.3. The first-order chi connectivity index (χ1) is 19.7. The molecule has 0 bridgehead atoms. The highest BCUT2D eigenvalue weighted by Gasteiger charge is 2.29. The Kier molecular flexibility index (Phi) is 8.88. The highest BCUT2D eigenvalue weighted by molar-refractivity contribution is 7.92. The molecule has 42 heavy (non-hydrogen) atoms. The highest BCUT2D eigenvalue weighted by Crippen LogP contribution is 2.26. The number of hydrogen-bond donors (Lipinski definition) is 3. The van der Waals surface area contributed by atoms with Gasteiger partial charge < -0.3 is 19.7 Å². The minimum absolute atomic E-state index is 0.112. The van der Waals surface area contributed by atoms with Gasteiger partial charge in [0.2, 0.25) is 0 Å². The summed E-state index contributed by atoms with van der Waals surface area (Å²) in [5.74, 6) is 0. The predicted molar refractivity (Wildman–Crippen MR) is 160 cm³/mol. The zero-order valence-electron chi connectivity index (χ0n) is 23.8. The zero-order chi connectivity index (χ0) is 30.7. The van der Waals surface area contributed by atoms with Gasteiger partial charge in [-0.15, -0.1) is 0 Å². The van der Waals surface area contributed by atoms with Gasteiger partial charge in [-0.05, 0) is 69.5 Å². The summed E-state index contributed by atoms with van der Waals surface area (Å²) >= 11 is 0. The molecule has 0 spiro atoms. The van der Waals surface area contributed by atoms with E-state index in [9.17, 15) is 28.4 Å². The van der Waals surface area contributed by atoms with Crippen LogP contribution in [0.2, 0.25) is 0 Å². The molecule has 0 saturated carbocycles. The van der Waals surface area contributed by atoms with Crippen LogP contribution in [0.4, 0.5) is 16.2 Å². The van der Waals surface area contributed by atoms with E-state index in [0.29, 0.717) is 12.0 Å². The van der Waals surface area contributed by atoms with Gasteiger partial charge in [-0.1, -0.05) is 36.4 Å². The number of aliphatic hydroxyl groups excluding tert-OH is 1. The van der Waals surface area contributed by atoms with E-state index in [-0.39, 0.29) is 28.9 Å². The molecule has 3 aromatic carbocycles. The normalized spacial score (nSPS) is 13.4. The molecule has 0 saturated heterocycles. The van der Waals surface area contributed by atoms with Crippen LogP contribution in [0.1, 0.15) is 44.9 Å². The first kappa shape index (κ1) is 30.5. The fraction of sp³-hybridized carbons (Fsp3) is 0.300. The van der Waals surface area contributed by atoms with Crippen LogP contribution in [-0.2, 0) is 21.2 Å². The van der Waals surface area contributed by atoms with Crippen molar-refractivity contribution in [3.8, 4) is 0 Å². The fourth-order valence-corrected chi connectivity index (χ4v) is 5.65. The first-order valence-electron chi connectivity index (χ1n) is 13.3. The van der Waals surface area contributed by atoms with E-state index < -0.39 is 32.7 Å². The Hall–Kier alpha value is -4.42. The molecule has 0 fully saturated rings. The second-order valence-electron chi connectivity index (χ2n) is 11.0. The molecule has 2 atom stereocenters. The molecule has 0 aliphatic rings. The Bertz CT molecular complexity index is 1700. The minimum atomic E-state index is -4.15. The standard InChI is InChI=1S/C30H34N4O7S/c1-20(15-22-18-31-27-14-6-5-13-26(22)27)33(29(36)41-30(2,3)4)19-28(35)21-9-7-10-23(16-21)32-42(39,40)25-12-8-11-24(17-25)34(37)38/h5-14,16-18,20,28,31-32,35H,15,19H2,1-4H3/t20-,28+/m1/s1. The SMILES string of the molecule is C[C@H](Cc1c[nH]c2ccccc12)N(C[C@H](O)c1cccc(NS(=O)(=O)c2cccc([N+](=O)[O-])c2)c1)C(=O)OC(C)(C)C. The van der Waals surface area contributed by atoms with E-state index in [1.807, 2.05) is 37.4 Å². The second-order valence-corrected chi connectivity index (χ2v) is 12.7. The van der Waals surface area contributed by atoms with Crippen LogP contribution in [0.25, 0.3) is 10.9 Å². The van der Waals surface area contributed by atoms with E-state index in [2.05, 4.69) is 9.71 Å². The zero-order valence-corrected chi connectivity index (χ0v) is 24.6. The number of aliphatic hydroxyl groups is 1. The van der Waals surface area contributed by atoms with Crippen molar-refractivity contribution in [2.75, 3.05) is 11.3 Å². The third kappa shape index (κ3) is 7.45. The Morgan fingerprint density at radius 1 is 1.10 bits per heavy atom. The highest BCUT2D eigenvalue weighted by atomic mass is 32.2. The summed E-state index contributed by atoms with van der Waals surface area (Å²) in [7, 11) is -4.15. The van der Waals surface area contributed by atoms with Crippen molar-refractivity contribution in [3.63, 3.8) is 0 Å². The second kappa shape index (κ2) is 12.2. The van der Waals surface area contributed by atoms with Crippen molar-refractivity contribution in [2.45, 2.75) is 56.8 Å². The number of para-hydroxylation sites is 1. The van der Waals surface area contributed by atoms with Crippen molar-refractivity contribution in [1.82, 2.24) is 9.88 Å². The number of nitrogens with one attached hydrogen (secondary N) is 2. The van der Waals surface area contributed by atoms with Crippen LogP contribution in [0.3, 0.4) is 0 Å². The summed E-state index contributed by atoms with van der Waals surface area (Å²) in [4.78, 5) is 28.1. The molecule has 0 radical (unpaired) electrons. The number of fused-ring (bicyclic) bond motifs is 1. The van der Waals surface area contributed by atoms with Gasteiger partial charge in [0.15, 0.2) is 0 Å². The molecule has 1 amide bonds. The molecular weight excluding hydrogens is 560 g/mol. The van der Waals surface area contributed by atoms with Crippen molar-refractivity contribution in [2.24, 2.45) is 0 Å². The molecule has 1 heterocycles. The number of amides is 1. The molecule has 1 aromatic heterocycles. The van der Waals surface area contributed by atoms with Gasteiger partial charge in [0.05, 0.1) is 22.5 Å². The first-order valence-corrected chi connectivity index (χ1v) is 14.8. The number of H-pyrrole nitrogens is 1. The maximum atomic E-state index is 13.3. The van der Waals surface area contributed by atoms with E-state index >= 15 is 0 Å². The van der Waals surface area contributed by atoms with Crippen molar-refractivity contribution in [1.29, 1.82) is 0 Å². The summed E-state index contributed by atoms with van der Waals surface area (Å²) in [5.41, 5.74) is 1.39. The summed E-state index contributed by atoms with van der Waals surface area (Å²) in [6, 6.07) is 18.3. The average molecular weight is 595 g/mol. The summed E-state index contributed by atoms with van der Waals surface area (Å²) in [6.45, 7) is 7.06. The molecule has 3 N–H and O–H groups in total. The number of aromatic nitrogens is 1. The van der Waals surface area contributed by atoms with Crippen LogP contribution in [0.5, 0.6) is 0 Å². The van der Waals surface area contributed by atoms with Crippen LogP contribution >= 0.6 is 0 Å². The number of non-ortho nitro benzene ring substituents is 1. The number of anilines is 1. The molecule has 0 aliphatic heterocycles. The van der Waals surface area contributed by atoms with Crippen LogP contribution in [0, 0.1) is 10.1 Å². The number of nitrogens with zero attached hydrogens (tertiary/aromatic N) is 2. The van der Waals surface area contributed by atoms with E-state index in [0.717, 1.165) is 22.5 Å². The van der Waals surface area contributed by atoms with Gasteiger partial charge in [-0.25, -0.2) is 13.2 Å². The lowest BCUT2D eigenvalue weighted by molar-refractivity contribution is -0.385.